The summed E-state index contributed by atoms with van der Waals surface area (Å²) in [5.41, 5.74) is 4.32. The average Bonchev–Trinajstić information content (AvgIpc) is 3.60. The van der Waals surface area contributed by atoms with Gasteiger partial charge in [0.15, 0.2) is 0 Å². The number of aliphatic carboxylic acids is 1. The van der Waals surface area contributed by atoms with Crippen LogP contribution in [0.5, 0.6) is 5.75 Å². The Hall–Kier alpha value is -4.17. The van der Waals surface area contributed by atoms with Crippen molar-refractivity contribution in [1.29, 1.82) is 5.26 Å². The van der Waals surface area contributed by atoms with Crippen LogP contribution in [0, 0.1) is 23.2 Å². The summed E-state index contributed by atoms with van der Waals surface area (Å²) in [6, 6.07) is 12.9. The Morgan fingerprint density at radius 1 is 1.16 bits per heavy atom. The standard InChI is InChI=1S/C33H34BrN5O5/c1-2-37-19-36-26(27(37)15-35)18-44-29-12-11-25(34)24-13-14-39(32(41)22-9-5-6-10-23(22)33(42)43)28(30(24)29)17-38-16-20-7-3-4-8-21(20)31(38)40/h3-4,7-8,11-12,19,22-23,28H,2,5-6,9-10,13-14,16-18H2,1H3,(H,42,43). The van der Waals surface area contributed by atoms with Crippen molar-refractivity contribution >= 4 is 33.7 Å². The van der Waals surface area contributed by atoms with Gasteiger partial charge in [-0.2, -0.15) is 5.26 Å². The zero-order chi connectivity index (χ0) is 31.0. The van der Waals surface area contributed by atoms with Gasteiger partial charge in [-0.05, 0) is 55.5 Å². The first-order valence-corrected chi connectivity index (χ1v) is 15.9. The number of carboxylic acids is 1. The van der Waals surface area contributed by atoms with Crippen LogP contribution in [-0.4, -0.2) is 55.3 Å². The van der Waals surface area contributed by atoms with E-state index in [4.69, 9.17) is 4.74 Å². The predicted octanol–water partition coefficient (Wildman–Crippen LogP) is 5.09. The molecule has 2 amide bonds. The summed E-state index contributed by atoms with van der Waals surface area (Å²) in [4.78, 5) is 48.0. The number of amides is 2. The van der Waals surface area contributed by atoms with E-state index in [0.29, 0.717) is 61.6 Å². The van der Waals surface area contributed by atoms with Crippen molar-refractivity contribution < 1.29 is 24.2 Å². The third-order valence-corrected chi connectivity index (χ3v) is 10.0. The van der Waals surface area contributed by atoms with E-state index >= 15 is 0 Å². The molecule has 0 saturated heterocycles. The number of nitriles is 1. The van der Waals surface area contributed by atoms with Crippen molar-refractivity contribution in [1.82, 2.24) is 19.4 Å². The molecule has 2 aromatic carbocycles. The Balaban J connectivity index is 1.39. The summed E-state index contributed by atoms with van der Waals surface area (Å²) in [6.45, 7) is 3.66. The maximum Gasteiger partial charge on any atom is 0.307 e. The first-order valence-electron chi connectivity index (χ1n) is 15.1. The monoisotopic (exact) mass is 659 g/mol. The normalized spacial score (nSPS) is 21.0. The average molecular weight is 661 g/mol. The maximum atomic E-state index is 14.3. The molecular formula is C33H34BrN5O5. The molecule has 2 aliphatic heterocycles. The zero-order valence-corrected chi connectivity index (χ0v) is 26.1. The van der Waals surface area contributed by atoms with Gasteiger partial charge in [0.2, 0.25) is 5.91 Å². The molecule has 3 aromatic rings. The van der Waals surface area contributed by atoms with Gasteiger partial charge in [-0.15, -0.1) is 0 Å². The van der Waals surface area contributed by atoms with E-state index in [9.17, 15) is 24.8 Å². The Morgan fingerprint density at radius 3 is 2.66 bits per heavy atom. The number of carbonyl (C=O) groups excluding carboxylic acids is 2. The van der Waals surface area contributed by atoms with Gasteiger partial charge in [0.1, 0.15) is 29.8 Å². The SMILES string of the molecule is CCn1cnc(COc2ccc(Br)c3c2C(CN2Cc4ccccc4C2=O)N(C(=O)C2CCCCC2C(=O)O)CC3)c1C#N. The second kappa shape index (κ2) is 12.4. The maximum absolute atomic E-state index is 14.3. The highest BCUT2D eigenvalue weighted by molar-refractivity contribution is 9.10. The zero-order valence-electron chi connectivity index (χ0n) is 24.5. The fraction of sp³-hybridized carbons (Fsp3) is 0.424. The van der Waals surface area contributed by atoms with Crippen LogP contribution in [0.1, 0.15) is 77.1 Å². The Morgan fingerprint density at radius 2 is 1.93 bits per heavy atom. The molecule has 1 N–H and O–H groups in total. The molecule has 0 radical (unpaired) electrons. The number of aryl methyl sites for hydroxylation is 1. The van der Waals surface area contributed by atoms with Crippen molar-refractivity contribution in [3.63, 3.8) is 0 Å². The number of carboxylic acid groups (broad SMARTS) is 1. The first kappa shape index (κ1) is 29.9. The third kappa shape index (κ3) is 5.36. The third-order valence-electron chi connectivity index (χ3n) is 9.27. The summed E-state index contributed by atoms with van der Waals surface area (Å²) in [5, 5.41) is 19.7. The number of ether oxygens (including phenoxy) is 1. The predicted molar refractivity (Wildman–Crippen MR) is 164 cm³/mol. The molecule has 3 atom stereocenters. The number of hydrogen-bond acceptors (Lipinski definition) is 6. The van der Waals surface area contributed by atoms with Gasteiger partial charge in [0.05, 0.1) is 24.2 Å². The second-order valence-electron chi connectivity index (χ2n) is 11.6. The van der Waals surface area contributed by atoms with E-state index in [1.165, 1.54) is 0 Å². The minimum Gasteiger partial charge on any atom is -0.487 e. The molecule has 10 nitrogen and oxygen atoms in total. The van der Waals surface area contributed by atoms with Crippen LogP contribution in [0.3, 0.4) is 0 Å². The lowest BCUT2D eigenvalue weighted by Gasteiger charge is -2.43. The fourth-order valence-corrected chi connectivity index (χ4v) is 7.55. The lowest BCUT2D eigenvalue weighted by molar-refractivity contribution is -0.153. The molecule has 6 rings (SSSR count). The molecule has 3 unspecified atom stereocenters. The molecule has 0 spiro atoms. The molecule has 228 valence electrons. The summed E-state index contributed by atoms with van der Waals surface area (Å²) in [5.74, 6) is -2.02. The van der Waals surface area contributed by atoms with E-state index in [1.807, 2.05) is 43.3 Å². The van der Waals surface area contributed by atoms with E-state index in [1.54, 1.807) is 20.7 Å². The fourth-order valence-electron chi connectivity index (χ4n) is 7.01. The summed E-state index contributed by atoms with van der Waals surface area (Å²) in [7, 11) is 0. The van der Waals surface area contributed by atoms with Crippen molar-refractivity contribution in [2.24, 2.45) is 11.8 Å². The lowest BCUT2D eigenvalue weighted by atomic mass is 9.77. The summed E-state index contributed by atoms with van der Waals surface area (Å²) >= 11 is 3.71. The first-order chi connectivity index (χ1) is 21.3. The molecular weight excluding hydrogens is 626 g/mol. The van der Waals surface area contributed by atoms with Crippen LogP contribution in [0.4, 0.5) is 0 Å². The largest absolute Gasteiger partial charge is 0.487 e. The highest BCUT2D eigenvalue weighted by Crippen LogP contribution is 2.44. The number of hydrogen-bond donors (Lipinski definition) is 1. The van der Waals surface area contributed by atoms with Gasteiger partial charge < -0.3 is 24.2 Å². The van der Waals surface area contributed by atoms with Gasteiger partial charge in [-0.25, -0.2) is 4.98 Å². The van der Waals surface area contributed by atoms with Crippen molar-refractivity contribution in [2.45, 2.75) is 64.8 Å². The quantitative estimate of drug-likeness (QED) is 0.357. The van der Waals surface area contributed by atoms with E-state index in [2.05, 4.69) is 27.0 Å². The molecule has 11 heteroatoms. The highest BCUT2D eigenvalue weighted by Gasteiger charge is 2.44. The Bertz CT molecular complexity index is 1660. The van der Waals surface area contributed by atoms with Crippen molar-refractivity contribution in [3.8, 4) is 11.8 Å². The van der Waals surface area contributed by atoms with Crippen molar-refractivity contribution in [3.05, 3.63) is 80.8 Å². The Labute approximate surface area is 264 Å². The van der Waals surface area contributed by atoms with Crippen LogP contribution in [-0.2, 0) is 35.7 Å². The van der Waals surface area contributed by atoms with Crippen molar-refractivity contribution in [2.75, 3.05) is 13.1 Å². The van der Waals surface area contributed by atoms with Gasteiger partial charge in [0, 0.05) is 41.8 Å². The minimum atomic E-state index is -0.936. The van der Waals surface area contributed by atoms with Gasteiger partial charge >= 0.3 is 5.97 Å². The van der Waals surface area contributed by atoms with Crippen LogP contribution >= 0.6 is 15.9 Å². The number of aromatic nitrogens is 2. The van der Waals surface area contributed by atoms with Gasteiger partial charge in [-0.3, -0.25) is 14.4 Å². The van der Waals surface area contributed by atoms with Crippen LogP contribution in [0.15, 0.2) is 47.2 Å². The minimum absolute atomic E-state index is 0.0580. The molecule has 44 heavy (non-hydrogen) atoms. The molecule has 1 aliphatic carbocycles. The second-order valence-corrected chi connectivity index (χ2v) is 12.5. The molecule has 1 saturated carbocycles. The van der Waals surface area contributed by atoms with Gasteiger partial charge in [-0.1, -0.05) is 47.0 Å². The van der Waals surface area contributed by atoms with Gasteiger partial charge in [0.25, 0.3) is 5.91 Å². The molecule has 3 aliphatic rings. The number of rotatable bonds is 8. The molecule has 1 fully saturated rings. The number of carbonyl (C=O) groups is 3. The number of halogens is 1. The molecule has 1 aromatic heterocycles. The Kier molecular flexibility index (Phi) is 8.45. The smallest absolute Gasteiger partial charge is 0.307 e. The molecule has 3 heterocycles. The van der Waals surface area contributed by atoms with E-state index < -0.39 is 23.8 Å². The van der Waals surface area contributed by atoms with E-state index in [0.717, 1.165) is 34.0 Å². The van der Waals surface area contributed by atoms with Crippen LogP contribution < -0.4 is 4.74 Å². The summed E-state index contributed by atoms with van der Waals surface area (Å²) in [6.07, 6.45) is 4.77. The number of nitrogens with zero attached hydrogens (tertiary/aromatic N) is 5. The van der Waals surface area contributed by atoms with E-state index in [-0.39, 0.29) is 25.0 Å². The lowest BCUT2D eigenvalue weighted by Crippen LogP contribution is -2.50. The highest BCUT2D eigenvalue weighted by atomic mass is 79.9. The summed E-state index contributed by atoms with van der Waals surface area (Å²) < 4.78 is 9.02. The number of benzene rings is 2. The number of imidazole rings is 1. The topological polar surface area (TPSA) is 129 Å². The number of fused-ring (bicyclic) bond motifs is 2. The molecule has 0 bridgehead atoms. The van der Waals surface area contributed by atoms with Crippen LogP contribution in [0.2, 0.25) is 0 Å². The van der Waals surface area contributed by atoms with Crippen LogP contribution in [0.25, 0.3) is 0 Å².